The van der Waals surface area contributed by atoms with E-state index in [-0.39, 0.29) is 17.4 Å². The average molecular weight is 465 g/mol. The smallest absolute Gasteiger partial charge is 0.262 e. The van der Waals surface area contributed by atoms with Gasteiger partial charge in [-0.2, -0.15) is 0 Å². The fourth-order valence-electron chi connectivity index (χ4n) is 2.89. The van der Waals surface area contributed by atoms with Gasteiger partial charge in [-0.3, -0.25) is 9.52 Å². The molecule has 168 valence electrons. The lowest BCUT2D eigenvalue weighted by molar-refractivity contribution is -0.118. The highest BCUT2D eigenvalue weighted by Crippen LogP contribution is 2.19. The van der Waals surface area contributed by atoms with Crippen molar-refractivity contribution >= 4 is 27.3 Å². The Labute approximate surface area is 190 Å². The number of sulfonamides is 1. The van der Waals surface area contributed by atoms with Crippen LogP contribution in [0.4, 0.5) is 11.4 Å². The number of aromatic nitrogens is 4. The quantitative estimate of drug-likeness (QED) is 0.410. The molecule has 10 nitrogen and oxygen atoms in total. The molecule has 0 aliphatic heterocycles. The van der Waals surface area contributed by atoms with Gasteiger partial charge in [-0.15, -0.1) is 5.10 Å². The van der Waals surface area contributed by atoms with E-state index >= 15 is 0 Å². The Balaban J connectivity index is 1.32. The van der Waals surface area contributed by atoms with Gasteiger partial charge in [-0.1, -0.05) is 23.8 Å². The van der Waals surface area contributed by atoms with Crippen molar-refractivity contribution < 1.29 is 17.9 Å². The van der Waals surface area contributed by atoms with Crippen molar-refractivity contribution in [1.82, 2.24) is 20.2 Å². The Morgan fingerprint density at radius 1 is 1.00 bits per heavy atom. The molecule has 1 amide bonds. The van der Waals surface area contributed by atoms with Crippen LogP contribution < -0.4 is 14.8 Å². The van der Waals surface area contributed by atoms with Gasteiger partial charge < -0.3 is 10.1 Å². The lowest BCUT2D eigenvalue weighted by Crippen LogP contribution is -2.20. The molecular weight excluding hydrogens is 444 g/mol. The number of tetrazole rings is 1. The third kappa shape index (κ3) is 5.71. The summed E-state index contributed by atoms with van der Waals surface area (Å²) in [7, 11) is -3.70. The van der Waals surface area contributed by atoms with Gasteiger partial charge in [0.2, 0.25) is 0 Å². The number of nitrogens with zero attached hydrogens (tertiary/aromatic N) is 4. The summed E-state index contributed by atoms with van der Waals surface area (Å²) in [5.74, 6) is 0.120. The first-order chi connectivity index (χ1) is 15.9. The van der Waals surface area contributed by atoms with Crippen molar-refractivity contribution in [3.8, 4) is 11.4 Å². The van der Waals surface area contributed by atoms with E-state index in [4.69, 9.17) is 4.74 Å². The second-order valence-electron chi connectivity index (χ2n) is 7.08. The van der Waals surface area contributed by atoms with Crippen LogP contribution in [0, 0.1) is 6.92 Å². The summed E-state index contributed by atoms with van der Waals surface area (Å²) in [5, 5.41) is 13.7. The van der Waals surface area contributed by atoms with Crippen LogP contribution in [0.15, 0.2) is 84.0 Å². The lowest BCUT2D eigenvalue weighted by atomic mass is 10.2. The van der Waals surface area contributed by atoms with Gasteiger partial charge in [0.25, 0.3) is 15.9 Å². The van der Waals surface area contributed by atoms with Crippen LogP contribution in [0.5, 0.6) is 5.75 Å². The van der Waals surface area contributed by atoms with Crippen LogP contribution in [0.1, 0.15) is 5.56 Å². The van der Waals surface area contributed by atoms with Gasteiger partial charge >= 0.3 is 0 Å². The standard InChI is InChI=1S/C22H20N6O4S/c1-16-5-11-21(12-6-16)33(30,31)25-18-9-7-17(8-10-18)24-22(29)14-32-20-4-2-3-19(13-20)28-15-23-26-27-28/h2-13,15,25H,14H2,1H3,(H,24,29). The highest BCUT2D eigenvalue weighted by Gasteiger charge is 2.14. The molecule has 1 heterocycles. The molecular formula is C22H20N6O4S. The minimum Gasteiger partial charge on any atom is -0.484 e. The van der Waals surface area contributed by atoms with E-state index in [9.17, 15) is 13.2 Å². The second-order valence-corrected chi connectivity index (χ2v) is 8.77. The number of hydrogen-bond acceptors (Lipinski definition) is 7. The van der Waals surface area contributed by atoms with Crippen LogP contribution in [-0.2, 0) is 14.8 Å². The SMILES string of the molecule is Cc1ccc(S(=O)(=O)Nc2ccc(NC(=O)COc3cccc(-n4cnnn4)c3)cc2)cc1. The Hall–Kier alpha value is -4.25. The summed E-state index contributed by atoms with van der Waals surface area (Å²) in [6.45, 7) is 1.68. The third-order valence-electron chi connectivity index (χ3n) is 4.55. The van der Waals surface area contributed by atoms with Crippen LogP contribution in [0.3, 0.4) is 0 Å². The zero-order chi connectivity index (χ0) is 23.3. The van der Waals surface area contributed by atoms with Crippen molar-refractivity contribution in [2.75, 3.05) is 16.6 Å². The fourth-order valence-corrected chi connectivity index (χ4v) is 3.95. The summed E-state index contributed by atoms with van der Waals surface area (Å²) in [4.78, 5) is 12.4. The lowest BCUT2D eigenvalue weighted by Gasteiger charge is -2.11. The minimum absolute atomic E-state index is 0.173. The van der Waals surface area contributed by atoms with Crippen molar-refractivity contribution in [3.63, 3.8) is 0 Å². The van der Waals surface area contributed by atoms with E-state index in [0.717, 1.165) is 5.56 Å². The van der Waals surface area contributed by atoms with Crippen molar-refractivity contribution in [2.24, 2.45) is 0 Å². The van der Waals surface area contributed by atoms with Gasteiger partial charge in [0.15, 0.2) is 6.61 Å². The molecule has 0 unspecified atom stereocenters. The van der Waals surface area contributed by atoms with Crippen LogP contribution >= 0.6 is 0 Å². The van der Waals surface area contributed by atoms with E-state index < -0.39 is 10.0 Å². The van der Waals surface area contributed by atoms with E-state index in [2.05, 4.69) is 25.6 Å². The number of nitrogens with one attached hydrogen (secondary N) is 2. The number of hydrogen-bond donors (Lipinski definition) is 2. The molecule has 4 rings (SSSR count). The van der Waals surface area contributed by atoms with Gasteiger partial charge in [-0.05, 0) is 65.9 Å². The van der Waals surface area contributed by atoms with Crippen molar-refractivity contribution in [2.45, 2.75) is 11.8 Å². The largest absolute Gasteiger partial charge is 0.484 e. The first-order valence-corrected chi connectivity index (χ1v) is 11.3. The molecule has 3 aromatic carbocycles. The number of carbonyl (C=O) groups is 1. The zero-order valence-corrected chi connectivity index (χ0v) is 18.4. The van der Waals surface area contributed by atoms with E-state index in [0.29, 0.717) is 22.8 Å². The normalized spacial score (nSPS) is 11.1. The second kappa shape index (κ2) is 9.49. The number of anilines is 2. The number of carbonyl (C=O) groups excluding carboxylic acids is 1. The topological polar surface area (TPSA) is 128 Å². The molecule has 0 radical (unpaired) electrons. The van der Waals surface area contributed by atoms with Gasteiger partial charge in [0.1, 0.15) is 12.1 Å². The number of ether oxygens (including phenoxy) is 1. The Bertz CT molecular complexity index is 1340. The molecule has 0 saturated carbocycles. The summed E-state index contributed by atoms with van der Waals surface area (Å²) in [6.07, 6.45) is 1.45. The van der Waals surface area contributed by atoms with Crippen molar-refractivity contribution in [1.29, 1.82) is 0 Å². The van der Waals surface area contributed by atoms with Crippen LogP contribution in [0.25, 0.3) is 5.69 Å². The maximum Gasteiger partial charge on any atom is 0.262 e. The molecule has 4 aromatic rings. The number of rotatable bonds is 8. The number of benzene rings is 3. The monoisotopic (exact) mass is 464 g/mol. The van der Waals surface area contributed by atoms with Gasteiger partial charge in [0.05, 0.1) is 10.6 Å². The molecule has 1 aromatic heterocycles. The van der Waals surface area contributed by atoms with Gasteiger partial charge in [0, 0.05) is 17.4 Å². The van der Waals surface area contributed by atoms with Crippen LogP contribution in [-0.4, -0.2) is 41.1 Å². The molecule has 0 spiro atoms. The highest BCUT2D eigenvalue weighted by molar-refractivity contribution is 7.92. The minimum atomic E-state index is -3.70. The first kappa shape index (κ1) is 22.0. The van der Waals surface area contributed by atoms with E-state index in [1.807, 2.05) is 6.92 Å². The van der Waals surface area contributed by atoms with E-state index in [1.165, 1.54) is 11.0 Å². The Kier molecular flexibility index (Phi) is 6.31. The number of aryl methyl sites for hydroxylation is 1. The van der Waals surface area contributed by atoms with Gasteiger partial charge in [-0.25, -0.2) is 13.1 Å². The van der Waals surface area contributed by atoms with E-state index in [1.54, 1.807) is 72.8 Å². The molecule has 0 saturated heterocycles. The summed E-state index contributed by atoms with van der Waals surface area (Å²) in [5.41, 5.74) is 2.55. The fraction of sp³-hybridized carbons (Fsp3) is 0.0909. The van der Waals surface area contributed by atoms with Crippen molar-refractivity contribution in [3.05, 3.63) is 84.7 Å². The summed E-state index contributed by atoms with van der Waals surface area (Å²) >= 11 is 0. The molecule has 33 heavy (non-hydrogen) atoms. The zero-order valence-electron chi connectivity index (χ0n) is 17.5. The molecule has 0 bridgehead atoms. The molecule has 0 aliphatic rings. The third-order valence-corrected chi connectivity index (χ3v) is 5.95. The Morgan fingerprint density at radius 3 is 2.42 bits per heavy atom. The molecule has 0 aliphatic carbocycles. The maximum absolute atomic E-state index is 12.5. The number of amides is 1. The predicted molar refractivity (Wildman–Crippen MR) is 122 cm³/mol. The van der Waals surface area contributed by atoms with Crippen LogP contribution in [0.2, 0.25) is 0 Å². The summed E-state index contributed by atoms with van der Waals surface area (Å²) in [6, 6.07) is 19.9. The molecule has 2 N–H and O–H groups in total. The molecule has 11 heteroatoms. The first-order valence-electron chi connectivity index (χ1n) is 9.85. The molecule has 0 atom stereocenters. The predicted octanol–water partition coefficient (Wildman–Crippen LogP) is 2.79. The maximum atomic E-state index is 12.5. The Morgan fingerprint density at radius 2 is 1.73 bits per heavy atom. The highest BCUT2D eigenvalue weighted by atomic mass is 32.2. The average Bonchev–Trinajstić information content (AvgIpc) is 3.35. The summed E-state index contributed by atoms with van der Waals surface area (Å²) < 4.78 is 34.5. The molecule has 0 fully saturated rings.